The lowest BCUT2D eigenvalue weighted by molar-refractivity contribution is -0.119. The van der Waals surface area contributed by atoms with Crippen molar-refractivity contribution in [2.24, 2.45) is 0 Å². The third kappa shape index (κ3) is 5.46. The van der Waals surface area contributed by atoms with Crippen LogP contribution in [0.3, 0.4) is 0 Å². The van der Waals surface area contributed by atoms with Gasteiger partial charge >= 0.3 is 0 Å². The minimum absolute atomic E-state index is 0.0494. The van der Waals surface area contributed by atoms with Crippen molar-refractivity contribution in [1.29, 1.82) is 0 Å². The van der Waals surface area contributed by atoms with Gasteiger partial charge in [-0.15, -0.1) is 0 Å². The van der Waals surface area contributed by atoms with Gasteiger partial charge < -0.3 is 14.6 Å². The molecule has 0 atom stereocenters. The maximum Gasteiger partial charge on any atom is 0.217 e. The van der Waals surface area contributed by atoms with Crippen molar-refractivity contribution >= 4 is 5.91 Å². The third-order valence-corrected chi connectivity index (χ3v) is 4.81. The van der Waals surface area contributed by atoms with E-state index in [0.717, 1.165) is 17.2 Å². The van der Waals surface area contributed by atoms with Gasteiger partial charge in [0.2, 0.25) is 5.91 Å². The van der Waals surface area contributed by atoms with Gasteiger partial charge in [-0.2, -0.15) is 0 Å². The molecule has 28 heavy (non-hydrogen) atoms. The number of hydrogen-bond donors (Lipinski definition) is 1. The number of carbonyl (C=O) groups is 1. The van der Waals surface area contributed by atoms with Crippen molar-refractivity contribution < 1.29 is 14.1 Å². The molecule has 3 aromatic rings. The first-order chi connectivity index (χ1) is 13.7. The summed E-state index contributed by atoms with van der Waals surface area (Å²) >= 11 is 0. The summed E-state index contributed by atoms with van der Waals surface area (Å²) in [5.74, 6) is 2.17. The standard InChI is InChI=1S/C13H12O.C10H14N2O2/c1-14-13-9-7-12(8-10-13)11-5-3-2-4-6-11;1-7(13)11-6-9-5-10(12-14-9)8-3-2-4-8/h2-10H,1H3;5,8H,2-4,6H2,1H3,(H,11,13). The molecule has 1 saturated carbocycles. The van der Waals surface area contributed by atoms with Gasteiger partial charge in [0.15, 0.2) is 5.76 Å². The highest BCUT2D eigenvalue weighted by Crippen LogP contribution is 2.35. The number of amides is 1. The summed E-state index contributed by atoms with van der Waals surface area (Å²) in [7, 11) is 1.68. The Balaban J connectivity index is 0.000000161. The van der Waals surface area contributed by atoms with Crippen molar-refractivity contribution in [2.75, 3.05) is 7.11 Å². The van der Waals surface area contributed by atoms with E-state index in [4.69, 9.17) is 9.26 Å². The average molecular weight is 378 g/mol. The maximum absolute atomic E-state index is 10.7. The molecule has 1 fully saturated rings. The Morgan fingerprint density at radius 2 is 1.79 bits per heavy atom. The summed E-state index contributed by atoms with van der Waals surface area (Å²) in [5, 5.41) is 6.67. The van der Waals surface area contributed by atoms with E-state index in [0.29, 0.717) is 12.5 Å². The van der Waals surface area contributed by atoms with Crippen LogP contribution < -0.4 is 10.1 Å². The lowest BCUT2D eigenvalue weighted by Gasteiger charge is -2.22. The van der Waals surface area contributed by atoms with Gasteiger partial charge in [0.1, 0.15) is 5.75 Å². The molecule has 1 aromatic heterocycles. The van der Waals surface area contributed by atoms with Gasteiger partial charge in [-0.1, -0.05) is 54.0 Å². The van der Waals surface area contributed by atoms with Crippen LogP contribution in [0, 0.1) is 0 Å². The number of carbonyl (C=O) groups excluding carboxylic acids is 1. The zero-order valence-corrected chi connectivity index (χ0v) is 16.4. The minimum atomic E-state index is -0.0494. The van der Waals surface area contributed by atoms with Crippen molar-refractivity contribution in [2.45, 2.75) is 38.6 Å². The minimum Gasteiger partial charge on any atom is -0.497 e. The molecule has 0 saturated heterocycles. The maximum atomic E-state index is 10.7. The van der Waals surface area contributed by atoms with E-state index >= 15 is 0 Å². The summed E-state index contributed by atoms with van der Waals surface area (Å²) < 4.78 is 10.2. The smallest absolute Gasteiger partial charge is 0.217 e. The zero-order valence-electron chi connectivity index (χ0n) is 16.4. The van der Waals surface area contributed by atoms with Gasteiger partial charge in [-0.25, -0.2) is 0 Å². The molecule has 1 N–H and O–H groups in total. The molecule has 0 aliphatic heterocycles. The molecular formula is C23H26N2O3. The van der Waals surface area contributed by atoms with E-state index in [1.165, 1.54) is 37.3 Å². The second kappa shape index (κ2) is 9.74. The van der Waals surface area contributed by atoms with Crippen molar-refractivity contribution in [3.63, 3.8) is 0 Å². The van der Waals surface area contributed by atoms with Gasteiger partial charge in [-0.05, 0) is 36.1 Å². The fraction of sp³-hybridized carbons (Fsp3) is 0.304. The van der Waals surface area contributed by atoms with Crippen molar-refractivity contribution in [1.82, 2.24) is 10.5 Å². The second-order valence-electron chi connectivity index (χ2n) is 6.85. The van der Waals surface area contributed by atoms with Crippen LogP contribution in [0.5, 0.6) is 5.75 Å². The number of nitrogens with zero attached hydrogens (tertiary/aromatic N) is 1. The topological polar surface area (TPSA) is 64.4 Å². The summed E-state index contributed by atoms with van der Waals surface area (Å²) in [6, 6.07) is 20.3. The monoisotopic (exact) mass is 378 g/mol. The first kappa shape index (κ1) is 19.7. The Bertz CT molecular complexity index is 868. The normalized spacial score (nSPS) is 13.1. The van der Waals surface area contributed by atoms with E-state index in [-0.39, 0.29) is 5.91 Å². The Hall–Kier alpha value is -3.08. The highest BCUT2D eigenvalue weighted by molar-refractivity contribution is 5.72. The lowest BCUT2D eigenvalue weighted by Crippen LogP contribution is -2.18. The van der Waals surface area contributed by atoms with E-state index in [2.05, 4.69) is 34.7 Å². The van der Waals surface area contributed by atoms with Crippen LogP contribution in [0.2, 0.25) is 0 Å². The van der Waals surface area contributed by atoms with Crippen LogP contribution in [0.15, 0.2) is 65.2 Å². The van der Waals surface area contributed by atoms with Gasteiger partial charge in [0, 0.05) is 18.9 Å². The second-order valence-corrected chi connectivity index (χ2v) is 6.85. The van der Waals surface area contributed by atoms with Crippen LogP contribution in [0.25, 0.3) is 11.1 Å². The van der Waals surface area contributed by atoms with Crippen molar-refractivity contribution in [3.05, 3.63) is 72.1 Å². The molecule has 5 heteroatoms. The zero-order chi connectivity index (χ0) is 19.8. The number of methoxy groups -OCH3 is 1. The molecule has 0 bridgehead atoms. The van der Waals surface area contributed by atoms with Crippen LogP contribution in [0.1, 0.15) is 43.6 Å². The number of ether oxygens (including phenoxy) is 1. The molecule has 2 aromatic carbocycles. The van der Waals surface area contributed by atoms with E-state index in [1.807, 2.05) is 36.4 Å². The van der Waals surface area contributed by atoms with Gasteiger partial charge in [-0.3, -0.25) is 4.79 Å². The Morgan fingerprint density at radius 1 is 1.11 bits per heavy atom. The SMILES string of the molecule is CC(=O)NCc1cc(C2CCC2)no1.COc1ccc(-c2ccccc2)cc1. The molecule has 5 nitrogen and oxygen atoms in total. The highest BCUT2D eigenvalue weighted by atomic mass is 16.5. The van der Waals surface area contributed by atoms with Crippen LogP contribution in [-0.2, 0) is 11.3 Å². The average Bonchev–Trinajstić information content (AvgIpc) is 3.14. The molecular weight excluding hydrogens is 352 g/mol. The van der Waals surface area contributed by atoms with Crippen molar-refractivity contribution in [3.8, 4) is 16.9 Å². The number of benzene rings is 2. The van der Waals surface area contributed by atoms with E-state index in [9.17, 15) is 4.79 Å². The predicted octanol–water partition coefficient (Wildman–Crippen LogP) is 4.94. The molecule has 1 aliphatic carbocycles. The van der Waals surface area contributed by atoms with Crippen LogP contribution in [-0.4, -0.2) is 18.2 Å². The molecule has 0 unspecified atom stereocenters. The fourth-order valence-electron chi connectivity index (χ4n) is 2.93. The first-order valence-electron chi connectivity index (χ1n) is 9.55. The molecule has 1 heterocycles. The fourth-order valence-corrected chi connectivity index (χ4v) is 2.93. The quantitative estimate of drug-likeness (QED) is 0.683. The molecule has 1 aliphatic rings. The summed E-state index contributed by atoms with van der Waals surface area (Å²) in [5.41, 5.74) is 3.48. The van der Waals surface area contributed by atoms with E-state index in [1.54, 1.807) is 7.11 Å². The molecule has 0 radical (unpaired) electrons. The van der Waals surface area contributed by atoms with Crippen LogP contribution in [0.4, 0.5) is 0 Å². The largest absolute Gasteiger partial charge is 0.497 e. The van der Waals surface area contributed by atoms with Crippen LogP contribution >= 0.6 is 0 Å². The summed E-state index contributed by atoms with van der Waals surface area (Å²) in [4.78, 5) is 10.7. The Kier molecular flexibility index (Phi) is 6.84. The molecule has 4 rings (SSSR count). The van der Waals surface area contributed by atoms with Gasteiger partial charge in [0.25, 0.3) is 0 Å². The summed E-state index contributed by atoms with van der Waals surface area (Å²) in [6.45, 7) is 1.93. The molecule has 146 valence electrons. The number of nitrogens with one attached hydrogen (secondary N) is 1. The molecule has 0 spiro atoms. The molecule has 1 amide bonds. The summed E-state index contributed by atoms with van der Waals surface area (Å²) in [6.07, 6.45) is 3.72. The number of aromatic nitrogens is 1. The third-order valence-electron chi connectivity index (χ3n) is 4.81. The first-order valence-corrected chi connectivity index (χ1v) is 9.55. The number of rotatable bonds is 5. The van der Waals surface area contributed by atoms with Gasteiger partial charge in [0.05, 0.1) is 19.3 Å². The highest BCUT2D eigenvalue weighted by Gasteiger charge is 2.22. The predicted molar refractivity (Wildman–Crippen MR) is 109 cm³/mol. The lowest BCUT2D eigenvalue weighted by atomic mass is 9.83. The Labute approximate surface area is 165 Å². The number of hydrogen-bond acceptors (Lipinski definition) is 4. The Morgan fingerprint density at radius 3 is 2.36 bits per heavy atom. The van der Waals surface area contributed by atoms with E-state index < -0.39 is 0 Å².